The Morgan fingerprint density at radius 2 is 1.81 bits per heavy atom. The van der Waals surface area contributed by atoms with Crippen LogP contribution < -0.4 is 19.3 Å². The quantitative estimate of drug-likeness (QED) is 0.444. The van der Waals surface area contributed by atoms with Crippen molar-refractivity contribution in [3.63, 3.8) is 0 Å². The maximum absolute atomic E-state index is 14.5. The van der Waals surface area contributed by atoms with Gasteiger partial charge in [-0.3, -0.25) is 4.79 Å². The number of halogens is 4. The highest BCUT2D eigenvalue weighted by molar-refractivity contribution is 5.69. The van der Waals surface area contributed by atoms with E-state index in [1.807, 2.05) is 18.7 Å². The number of benzene rings is 2. The number of piperidine rings is 1. The molecule has 0 bridgehead atoms. The predicted octanol–water partition coefficient (Wildman–Crippen LogP) is 5.75. The Morgan fingerprint density at radius 1 is 1.11 bits per heavy atom. The molecule has 2 heterocycles. The molecule has 0 spiro atoms. The van der Waals surface area contributed by atoms with Crippen LogP contribution >= 0.6 is 0 Å². The first-order valence-corrected chi connectivity index (χ1v) is 12.5. The number of ether oxygens (including phenoxy) is 2. The number of hydrogen-bond acceptors (Lipinski definition) is 5. The van der Waals surface area contributed by atoms with Crippen molar-refractivity contribution >= 4 is 17.3 Å². The van der Waals surface area contributed by atoms with Crippen molar-refractivity contribution in [2.45, 2.75) is 51.4 Å². The molecule has 0 radical (unpaired) electrons. The topological polar surface area (TPSA) is 62.2 Å². The largest absolute Gasteiger partial charge is 0.494 e. The van der Waals surface area contributed by atoms with E-state index >= 15 is 0 Å². The zero-order chi connectivity index (χ0) is 26.7. The van der Waals surface area contributed by atoms with Gasteiger partial charge in [-0.25, -0.2) is 4.39 Å². The molecule has 202 valence electrons. The summed E-state index contributed by atoms with van der Waals surface area (Å²) in [5.74, 6) is -1.69. The van der Waals surface area contributed by atoms with Gasteiger partial charge in [-0.05, 0) is 49.7 Å². The smallest absolute Gasteiger partial charge is 0.393 e. The molecule has 1 N–H and O–H groups in total. The molecule has 37 heavy (non-hydrogen) atoms. The minimum atomic E-state index is -4.37. The summed E-state index contributed by atoms with van der Waals surface area (Å²) in [4.78, 5) is 14.7. The third-order valence-corrected chi connectivity index (χ3v) is 7.14. The summed E-state index contributed by atoms with van der Waals surface area (Å²) in [5, 5.41) is 9.16. The monoisotopic (exact) mass is 524 g/mol. The maximum atomic E-state index is 14.5. The van der Waals surface area contributed by atoms with E-state index in [4.69, 9.17) is 14.6 Å². The van der Waals surface area contributed by atoms with E-state index in [2.05, 4.69) is 0 Å². The first kappa shape index (κ1) is 26.9. The third kappa shape index (κ3) is 6.40. The number of alkyl halides is 3. The third-order valence-electron chi connectivity index (χ3n) is 7.14. The summed E-state index contributed by atoms with van der Waals surface area (Å²) in [5.41, 5.74) is 1.04. The second kappa shape index (κ2) is 11.1. The Labute approximate surface area is 213 Å². The minimum Gasteiger partial charge on any atom is -0.494 e. The first-order valence-electron chi connectivity index (χ1n) is 12.5. The van der Waals surface area contributed by atoms with E-state index in [0.29, 0.717) is 49.0 Å². The summed E-state index contributed by atoms with van der Waals surface area (Å²) >= 11 is 0. The first-order chi connectivity index (χ1) is 17.5. The number of carboxylic acid groups (broad SMARTS) is 1. The second-order valence-electron chi connectivity index (χ2n) is 9.79. The lowest BCUT2D eigenvalue weighted by Crippen LogP contribution is -2.44. The highest BCUT2D eigenvalue weighted by Gasteiger charge is 2.48. The summed E-state index contributed by atoms with van der Waals surface area (Å²) in [6, 6.07) is 10.8. The highest BCUT2D eigenvalue weighted by Crippen LogP contribution is 2.40. The van der Waals surface area contributed by atoms with Gasteiger partial charge in [0.2, 0.25) is 0 Å². The van der Waals surface area contributed by atoms with E-state index in [1.165, 1.54) is 11.0 Å². The number of hydrogen-bond donors (Lipinski definition) is 1. The standard InChI is InChI=1S/C27H32F4N2O4/c1-3-36-22-8-9-23(28)24(14-22)32-11-10-25(17(2)15-32)37-21-6-4-19(5-7-21)33-16-18(27(29,30)31)12-20(33)13-26(34)35/h4-9,14,17-18,20,25H,3,10-13,15-16H2,1-2H3,(H,34,35)/t17-,18-,20-,25-/m1/s1. The molecule has 2 fully saturated rings. The lowest BCUT2D eigenvalue weighted by Gasteiger charge is -2.38. The number of aliphatic carboxylic acids is 1. The van der Waals surface area contributed by atoms with Gasteiger partial charge in [-0.15, -0.1) is 0 Å². The average molecular weight is 525 g/mol. The van der Waals surface area contributed by atoms with Gasteiger partial charge in [0.1, 0.15) is 23.4 Å². The zero-order valence-electron chi connectivity index (χ0n) is 20.9. The molecule has 2 aromatic carbocycles. The van der Waals surface area contributed by atoms with Crippen LogP contribution in [0.15, 0.2) is 42.5 Å². The number of nitrogens with zero attached hydrogens (tertiary/aromatic N) is 2. The van der Waals surface area contributed by atoms with Crippen LogP contribution in [0.4, 0.5) is 28.9 Å². The fourth-order valence-electron chi connectivity index (χ4n) is 5.27. The van der Waals surface area contributed by atoms with Crippen molar-refractivity contribution in [1.29, 1.82) is 0 Å². The van der Waals surface area contributed by atoms with Crippen molar-refractivity contribution in [1.82, 2.24) is 0 Å². The maximum Gasteiger partial charge on any atom is 0.393 e. The molecular formula is C27H32F4N2O4. The van der Waals surface area contributed by atoms with Crippen molar-refractivity contribution in [2.75, 3.05) is 36.0 Å². The fraction of sp³-hybridized carbons (Fsp3) is 0.519. The van der Waals surface area contributed by atoms with E-state index < -0.39 is 24.1 Å². The molecule has 0 amide bonds. The Balaban J connectivity index is 1.39. The Morgan fingerprint density at radius 3 is 2.43 bits per heavy atom. The van der Waals surface area contributed by atoms with Crippen LogP contribution in [-0.2, 0) is 4.79 Å². The van der Waals surface area contributed by atoms with Crippen molar-refractivity contribution in [3.8, 4) is 11.5 Å². The van der Waals surface area contributed by atoms with Gasteiger partial charge >= 0.3 is 12.1 Å². The van der Waals surface area contributed by atoms with E-state index in [1.54, 1.807) is 36.4 Å². The molecule has 0 unspecified atom stereocenters. The summed E-state index contributed by atoms with van der Waals surface area (Å²) < 4.78 is 66.1. The second-order valence-corrected chi connectivity index (χ2v) is 9.79. The molecule has 0 saturated carbocycles. The predicted molar refractivity (Wildman–Crippen MR) is 132 cm³/mol. The molecule has 2 aliphatic heterocycles. The highest BCUT2D eigenvalue weighted by atomic mass is 19.4. The molecule has 0 aromatic heterocycles. The Hall–Kier alpha value is -3.17. The van der Waals surface area contributed by atoms with Gasteiger partial charge in [0.25, 0.3) is 0 Å². The van der Waals surface area contributed by atoms with Crippen LogP contribution in [-0.4, -0.2) is 55.6 Å². The van der Waals surface area contributed by atoms with Gasteiger partial charge in [0, 0.05) is 49.8 Å². The van der Waals surface area contributed by atoms with Crippen LogP contribution in [0.25, 0.3) is 0 Å². The van der Waals surface area contributed by atoms with E-state index in [0.717, 1.165) is 0 Å². The van der Waals surface area contributed by atoms with Crippen LogP contribution in [0.5, 0.6) is 11.5 Å². The van der Waals surface area contributed by atoms with Crippen LogP contribution in [0.3, 0.4) is 0 Å². The molecule has 4 rings (SSSR count). The molecule has 6 nitrogen and oxygen atoms in total. The van der Waals surface area contributed by atoms with Crippen molar-refractivity contribution in [3.05, 3.63) is 48.3 Å². The summed E-state index contributed by atoms with van der Waals surface area (Å²) in [7, 11) is 0. The Bertz CT molecular complexity index is 1080. The van der Waals surface area contributed by atoms with Crippen LogP contribution in [0, 0.1) is 17.7 Å². The van der Waals surface area contributed by atoms with Gasteiger partial charge in [-0.2, -0.15) is 13.2 Å². The Kier molecular flexibility index (Phi) is 8.04. The summed E-state index contributed by atoms with van der Waals surface area (Å²) in [6.45, 7) is 5.34. The lowest BCUT2D eigenvalue weighted by molar-refractivity contribution is -0.169. The summed E-state index contributed by atoms with van der Waals surface area (Å²) in [6.07, 6.45) is -4.40. The van der Waals surface area contributed by atoms with Gasteiger partial charge < -0.3 is 24.4 Å². The van der Waals surface area contributed by atoms with Crippen molar-refractivity contribution in [2.24, 2.45) is 11.8 Å². The van der Waals surface area contributed by atoms with Gasteiger partial charge in [0.15, 0.2) is 0 Å². The zero-order valence-corrected chi connectivity index (χ0v) is 20.9. The van der Waals surface area contributed by atoms with Gasteiger partial charge in [0.05, 0.1) is 24.6 Å². The molecule has 2 saturated heterocycles. The van der Waals surface area contributed by atoms with Crippen molar-refractivity contribution < 1.29 is 36.9 Å². The molecule has 2 aromatic rings. The van der Waals surface area contributed by atoms with E-state index in [9.17, 15) is 22.4 Å². The van der Waals surface area contributed by atoms with Crippen LogP contribution in [0.2, 0.25) is 0 Å². The molecule has 10 heteroatoms. The normalized spacial score (nSPS) is 24.3. The molecule has 4 atom stereocenters. The van der Waals surface area contributed by atoms with Gasteiger partial charge in [-0.1, -0.05) is 6.92 Å². The minimum absolute atomic E-state index is 0.0923. The number of carbonyl (C=O) groups is 1. The number of anilines is 2. The number of carboxylic acids is 1. The van der Waals surface area contributed by atoms with E-state index in [-0.39, 0.29) is 37.2 Å². The molecule has 2 aliphatic rings. The lowest BCUT2D eigenvalue weighted by atomic mass is 9.95. The average Bonchev–Trinajstić information content (AvgIpc) is 3.26. The molecule has 0 aliphatic carbocycles. The molecular weight excluding hydrogens is 492 g/mol. The SMILES string of the molecule is CCOc1ccc(F)c(N2CC[C@@H](Oc3ccc(N4C[C@H](C(F)(F)F)C[C@@H]4CC(=O)O)cc3)[C@H](C)C2)c1. The van der Waals surface area contributed by atoms with Crippen LogP contribution in [0.1, 0.15) is 33.1 Å². The number of rotatable bonds is 8. The fourth-order valence-corrected chi connectivity index (χ4v) is 5.27.